The van der Waals surface area contributed by atoms with Crippen molar-refractivity contribution in [2.45, 2.75) is 26.8 Å². The Bertz CT molecular complexity index is 661. The van der Waals surface area contributed by atoms with Crippen molar-refractivity contribution in [2.75, 3.05) is 13.1 Å². The van der Waals surface area contributed by atoms with Gasteiger partial charge in [-0.25, -0.2) is 0 Å². The minimum Gasteiger partial charge on any atom is -0.480 e. The third-order valence-electron chi connectivity index (χ3n) is 3.61. The van der Waals surface area contributed by atoms with Gasteiger partial charge >= 0.3 is 5.97 Å². The lowest BCUT2D eigenvalue weighted by molar-refractivity contribution is -0.144. The highest BCUT2D eigenvalue weighted by Crippen LogP contribution is 2.22. The molecule has 0 aliphatic rings. The molecule has 2 aromatic rings. The monoisotopic (exact) mass is 288 g/mol. The fraction of sp³-hybridized carbons (Fsp3) is 0.375. The molecule has 1 amide bonds. The summed E-state index contributed by atoms with van der Waals surface area (Å²) in [6, 6.07) is 7.95. The van der Waals surface area contributed by atoms with Crippen LogP contribution in [0.5, 0.6) is 0 Å². The molecule has 5 heteroatoms. The van der Waals surface area contributed by atoms with E-state index in [1.807, 2.05) is 30.5 Å². The number of benzene rings is 1. The smallest absolute Gasteiger partial charge is 0.323 e. The van der Waals surface area contributed by atoms with E-state index in [1.54, 1.807) is 6.92 Å². The van der Waals surface area contributed by atoms with Crippen molar-refractivity contribution >= 4 is 22.8 Å². The number of fused-ring (bicyclic) bond motifs is 1. The number of amides is 1. The molecular weight excluding hydrogens is 268 g/mol. The first kappa shape index (κ1) is 15.1. The second kappa shape index (κ2) is 6.43. The standard InChI is InChI=1S/C16H20N2O3/c1-3-17-10-12(13-7-5-6-8-14(13)17)9-15(19)18(4-2)11-16(20)21/h5-8,10H,3-4,9,11H2,1-2H3,(H,20,21). The second-order valence-corrected chi connectivity index (χ2v) is 4.94. The highest BCUT2D eigenvalue weighted by molar-refractivity contribution is 5.90. The van der Waals surface area contributed by atoms with Crippen LogP contribution in [0, 0.1) is 0 Å². The SMILES string of the molecule is CCN(CC(=O)O)C(=O)Cc1cn(CC)c2ccccc12. The number of likely N-dealkylation sites (N-methyl/N-ethyl adjacent to an activating group) is 1. The van der Waals surface area contributed by atoms with Gasteiger partial charge in [0.25, 0.3) is 0 Å². The third-order valence-corrected chi connectivity index (χ3v) is 3.61. The zero-order chi connectivity index (χ0) is 15.4. The van der Waals surface area contributed by atoms with Crippen LogP contribution in [0.15, 0.2) is 30.5 Å². The summed E-state index contributed by atoms with van der Waals surface area (Å²) in [4.78, 5) is 24.4. The van der Waals surface area contributed by atoms with Crippen LogP contribution in [0.1, 0.15) is 19.4 Å². The average molecular weight is 288 g/mol. The maximum atomic E-state index is 12.3. The number of nitrogens with zero attached hydrogens (tertiary/aromatic N) is 2. The summed E-state index contributed by atoms with van der Waals surface area (Å²) in [6.45, 7) is 4.83. The molecule has 1 aromatic carbocycles. The first-order valence-electron chi connectivity index (χ1n) is 7.13. The lowest BCUT2D eigenvalue weighted by atomic mass is 10.1. The zero-order valence-corrected chi connectivity index (χ0v) is 12.4. The maximum absolute atomic E-state index is 12.3. The molecular formula is C16H20N2O3. The average Bonchev–Trinajstić information content (AvgIpc) is 2.82. The molecule has 21 heavy (non-hydrogen) atoms. The number of hydrogen-bond donors (Lipinski definition) is 1. The molecule has 0 spiro atoms. The van der Waals surface area contributed by atoms with E-state index >= 15 is 0 Å². The predicted molar refractivity (Wildman–Crippen MR) is 81.2 cm³/mol. The van der Waals surface area contributed by atoms with Crippen LogP contribution in [-0.4, -0.2) is 39.5 Å². The van der Waals surface area contributed by atoms with Crippen molar-refractivity contribution in [3.05, 3.63) is 36.0 Å². The van der Waals surface area contributed by atoms with E-state index in [4.69, 9.17) is 5.11 Å². The van der Waals surface area contributed by atoms with Crippen molar-refractivity contribution in [2.24, 2.45) is 0 Å². The topological polar surface area (TPSA) is 62.5 Å². The van der Waals surface area contributed by atoms with Gasteiger partial charge in [-0.1, -0.05) is 18.2 Å². The number of carbonyl (C=O) groups excluding carboxylic acids is 1. The number of carboxylic acid groups (broad SMARTS) is 1. The first-order valence-corrected chi connectivity index (χ1v) is 7.13. The molecule has 1 heterocycles. The molecule has 112 valence electrons. The predicted octanol–water partition coefficient (Wildman–Crippen LogP) is 2.14. The van der Waals surface area contributed by atoms with Gasteiger partial charge in [0.2, 0.25) is 5.91 Å². The summed E-state index contributed by atoms with van der Waals surface area (Å²) < 4.78 is 2.10. The van der Waals surface area contributed by atoms with Crippen molar-refractivity contribution < 1.29 is 14.7 Å². The van der Waals surface area contributed by atoms with Crippen molar-refractivity contribution in [3.8, 4) is 0 Å². The normalized spacial score (nSPS) is 10.8. The lowest BCUT2D eigenvalue weighted by Gasteiger charge is -2.18. The summed E-state index contributed by atoms with van der Waals surface area (Å²) >= 11 is 0. The Kier molecular flexibility index (Phi) is 4.62. The number of aliphatic carboxylic acids is 1. The number of para-hydroxylation sites is 1. The molecule has 0 unspecified atom stereocenters. The molecule has 0 fully saturated rings. The van der Waals surface area contributed by atoms with E-state index in [0.717, 1.165) is 23.0 Å². The third kappa shape index (κ3) is 3.24. The molecule has 0 aliphatic carbocycles. The number of hydrogen-bond acceptors (Lipinski definition) is 2. The van der Waals surface area contributed by atoms with Crippen LogP contribution in [0.4, 0.5) is 0 Å². The van der Waals surface area contributed by atoms with Gasteiger partial charge in [0, 0.05) is 30.2 Å². The van der Waals surface area contributed by atoms with E-state index < -0.39 is 5.97 Å². The fourth-order valence-corrected chi connectivity index (χ4v) is 2.54. The second-order valence-electron chi connectivity index (χ2n) is 4.94. The molecule has 1 N–H and O–H groups in total. The highest BCUT2D eigenvalue weighted by Gasteiger charge is 2.17. The Labute approximate surface area is 123 Å². The number of rotatable bonds is 6. The van der Waals surface area contributed by atoms with Crippen LogP contribution in [0.3, 0.4) is 0 Å². The molecule has 2 rings (SSSR count). The van der Waals surface area contributed by atoms with Gasteiger partial charge in [-0.05, 0) is 25.5 Å². The number of carboxylic acids is 1. The molecule has 0 bridgehead atoms. The van der Waals surface area contributed by atoms with E-state index in [2.05, 4.69) is 11.5 Å². The number of aryl methyl sites for hydroxylation is 1. The van der Waals surface area contributed by atoms with E-state index in [0.29, 0.717) is 6.54 Å². The Morgan fingerprint density at radius 3 is 2.57 bits per heavy atom. The van der Waals surface area contributed by atoms with Crippen molar-refractivity contribution in [1.29, 1.82) is 0 Å². The Morgan fingerprint density at radius 2 is 1.95 bits per heavy atom. The van der Waals surface area contributed by atoms with Crippen molar-refractivity contribution in [3.63, 3.8) is 0 Å². The quantitative estimate of drug-likeness (QED) is 0.885. The molecule has 0 saturated heterocycles. The van der Waals surface area contributed by atoms with Gasteiger partial charge in [0.1, 0.15) is 6.54 Å². The first-order chi connectivity index (χ1) is 10.1. The Morgan fingerprint density at radius 1 is 1.24 bits per heavy atom. The summed E-state index contributed by atoms with van der Waals surface area (Å²) in [7, 11) is 0. The van der Waals surface area contributed by atoms with E-state index in [1.165, 1.54) is 4.90 Å². The van der Waals surface area contributed by atoms with Crippen LogP contribution < -0.4 is 0 Å². The molecule has 0 radical (unpaired) electrons. The molecule has 0 saturated carbocycles. The summed E-state index contributed by atoms with van der Waals surface area (Å²) in [6.07, 6.45) is 2.21. The molecule has 0 atom stereocenters. The van der Waals surface area contributed by atoms with Gasteiger partial charge in [-0.15, -0.1) is 0 Å². The summed E-state index contributed by atoms with van der Waals surface area (Å²) in [5.41, 5.74) is 2.05. The van der Waals surface area contributed by atoms with E-state index in [-0.39, 0.29) is 18.9 Å². The van der Waals surface area contributed by atoms with Crippen LogP contribution in [0.25, 0.3) is 10.9 Å². The van der Waals surface area contributed by atoms with Gasteiger partial charge in [-0.3, -0.25) is 9.59 Å². The van der Waals surface area contributed by atoms with Crippen LogP contribution in [-0.2, 0) is 22.6 Å². The number of aromatic nitrogens is 1. The summed E-state index contributed by atoms with van der Waals surface area (Å²) in [5, 5.41) is 9.90. The van der Waals surface area contributed by atoms with Gasteiger partial charge in [0.15, 0.2) is 0 Å². The van der Waals surface area contributed by atoms with Crippen LogP contribution >= 0.6 is 0 Å². The van der Waals surface area contributed by atoms with Crippen molar-refractivity contribution in [1.82, 2.24) is 9.47 Å². The molecule has 5 nitrogen and oxygen atoms in total. The largest absolute Gasteiger partial charge is 0.480 e. The fourth-order valence-electron chi connectivity index (χ4n) is 2.54. The van der Waals surface area contributed by atoms with E-state index in [9.17, 15) is 9.59 Å². The zero-order valence-electron chi connectivity index (χ0n) is 12.4. The van der Waals surface area contributed by atoms with Gasteiger partial charge in [0.05, 0.1) is 6.42 Å². The van der Waals surface area contributed by atoms with Crippen LogP contribution in [0.2, 0.25) is 0 Å². The molecule has 1 aromatic heterocycles. The minimum absolute atomic E-state index is 0.154. The minimum atomic E-state index is -0.985. The van der Waals surface area contributed by atoms with Gasteiger partial charge in [-0.2, -0.15) is 0 Å². The maximum Gasteiger partial charge on any atom is 0.323 e. The summed E-state index contributed by atoms with van der Waals surface area (Å²) in [5.74, 6) is -1.14. The highest BCUT2D eigenvalue weighted by atomic mass is 16.4. The number of carbonyl (C=O) groups is 2. The lowest BCUT2D eigenvalue weighted by Crippen LogP contribution is -2.36. The Hall–Kier alpha value is -2.30. The van der Waals surface area contributed by atoms with Gasteiger partial charge < -0.3 is 14.6 Å². The molecule has 0 aliphatic heterocycles. The Balaban J connectivity index is 2.27.